The zero-order chi connectivity index (χ0) is 30.7. The maximum absolute atomic E-state index is 12.8. The molecule has 1 atom stereocenters. The fourth-order valence-corrected chi connectivity index (χ4v) is 4.43. The number of aromatic nitrogens is 1. The van der Waals surface area contributed by atoms with Gasteiger partial charge in [0.15, 0.2) is 0 Å². The maximum Gasteiger partial charge on any atom is 0.416 e. The third-order valence-electron chi connectivity index (χ3n) is 5.83. The van der Waals surface area contributed by atoms with E-state index in [9.17, 15) is 14.4 Å². The van der Waals surface area contributed by atoms with Crippen molar-refractivity contribution < 1.29 is 23.9 Å². The van der Waals surface area contributed by atoms with Gasteiger partial charge in [-0.1, -0.05) is 59.3 Å². The van der Waals surface area contributed by atoms with Gasteiger partial charge in [-0.25, -0.2) is 14.6 Å². The molecule has 0 saturated heterocycles. The first-order valence-electron chi connectivity index (χ1n) is 13.3. The number of nitrogens with zero attached hydrogens (tertiary/aromatic N) is 2. The zero-order valence-corrected chi connectivity index (χ0v) is 25.5. The number of methoxy groups -OCH3 is 1. The van der Waals surface area contributed by atoms with Crippen molar-refractivity contribution in [2.24, 2.45) is 0 Å². The molecule has 0 bridgehead atoms. The zero-order valence-electron chi connectivity index (χ0n) is 23.9. The van der Waals surface area contributed by atoms with E-state index < -0.39 is 29.6 Å². The van der Waals surface area contributed by atoms with Gasteiger partial charge in [-0.2, -0.15) is 0 Å². The van der Waals surface area contributed by atoms with Crippen molar-refractivity contribution in [3.05, 3.63) is 93.6 Å². The first-order chi connectivity index (χ1) is 20.0. The van der Waals surface area contributed by atoms with Crippen LogP contribution >= 0.6 is 23.2 Å². The normalized spacial score (nSPS) is 11.5. The highest BCUT2D eigenvalue weighted by Crippen LogP contribution is 2.24. The molecule has 42 heavy (non-hydrogen) atoms. The summed E-state index contributed by atoms with van der Waals surface area (Å²) < 4.78 is 10.4. The smallest absolute Gasteiger partial charge is 0.416 e. The molecule has 3 rings (SSSR count). The summed E-state index contributed by atoms with van der Waals surface area (Å²) in [5, 5.41) is 3.03. The minimum atomic E-state index is -0.946. The lowest BCUT2D eigenvalue weighted by atomic mass is 10.0. The number of hydrogen-bond donors (Lipinski definition) is 1. The Kier molecular flexibility index (Phi) is 11.8. The third-order valence-corrected chi connectivity index (χ3v) is 6.46. The van der Waals surface area contributed by atoms with Crippen molar-refractivity contribution in [1.29, 1.82) is 0 Å². The molecule has 0 aliphatic rings. The molecule has 0 aliphatic heterocycles. The van der Waals surface area contributed by atoms with Gasteiger partial charge in [0.2, 0.25) is 0 Å². The van der Waals surface area contributed by atoms with Gasteiger partial charge < -0.3 is 14.8 Å². The van der Waals surface area contributed by atoms with Crippen LogP contribution in [0.4, 0.5) is 10.6 Å². The van der Waals surface area contributed by atoms with E-state index in [4.69, 9.17) is 32.7 Å². The number of anilines is 1. The van der Waals surface area contributed by atoms with Crippen LogP contribution in [-0.4, -0.2) is 48.3 Å². The SMILES string of the molecule is COC(=O)[C@H](Cc1ccc(C#CCCCN(C(=O)OC(C)(C)C)c2ccccn2)cc1)NC(=O)c1c(Cl)cccc1Cl. The Morgan fingerprint density at radius 2 is 1.69 bits per heavy atom. The summed E-state index contributed by atoms with van der Waals surface area (Å²) >= 11 is 12.3. The van der Waals surface area contributed by atoms with Crippen LogP contribution in [0.15, 0.2) is 66.9 Å². The standard InChI is InChI=1S/C32H33Cl2N3O5/c1-32(2,3)42-31(40)37(27-14-7-8-19-35-27)20-9-5-6-11-22-15-17-23(18-16-22)21-26(30(39)41-4)36-29(38)28-24(33)12-10-13-25(28)34/h7-8,10,12-19,26H,5,9,20-21H2,1-4H3,(H,36,38)/t26-/m0/s1. The molecule has 1 heterocycles. The number of esters is 1. The Balaban J connectivity index is 1.59. The molecule has 0 saturated carbocycles. The van der Waals surface area contributed by atoms with Crippen LogP contribution in [0, 0.1) is 11.8 Å². The number of ether oxygens (including phenoxy) is 2. The number of unbranched alkanes of at least 4 members (excludes halogenated alkanes) is 1. The lowest BCUT2D eigenvalue weighted by Gasteiger charge is -2.26. The average molecular weight is 611 g/mol. The van der Waals surface area contributed by atoms with E-state index in [0.717, 1.165) is 11.1 Å². The van der Waals surface area contributed by atoms with Gasteiger partial charge in [-0.15, -0.1) is 0 Å². The van der Waals surface area contributed by atoms with Gasteiger partial charge in [-0.05, 0) is 69.2 Å². The Bertz CT molecular complexity index is 1420. The van der Waals surface area contributed by atoms with Crippen LogP contribution in [0.1, 0.15) is 55.1 Å². The second-order valence-electron chi connectivity index (χ2n) is 10.3. The summed E-state index contributed by atoms with van der Waals surface area (Å²) in [4.78, 5) is 43.8. The molecular formula is C32H33Cl2N3O5. The number of nitrogens with one attached hydrogen (secondary N) is 1. The molecule has 3 aromatic rings. The summed E-state index contributed by atoms with van der Waals surface area (Å²) in [5.41, 5.74) is 1.05. The van der Waals surface area contributed by atoms with Gasteiger partial charge in [0.1, 0.15) is 17.5 Å². The average Bonchev–Trinajstić information content (AvgIpc) is 2.94. The van der Waals surface area contributed by atoms with E-state index in [-0.39, 0.29) is 22.0 Å². The van der Waals surface area contributed by atoms with Crippen molar-refractivity contribution >= 4 is 47.0 Å². The van der Waals surface area contributed by atoms with Crippen molar-refractivity contribution in [1.82, 2.24) is 10.3 Å². The molecule has 0 unspecified atom stereocenters. The number of benzene rings is 2. The highest BCUT2D eigenvalue weighted by Gasteiger charge is 2.25. The fourth-order valence-electron chi connectivity index (χ4n) is 3.86. The van der Waals surface area contributed by atoms with Crippen molar-refractivity contribution in [3.8, 4) is 11.8 Å². The summed E-state index contributed by atoms with van der Waals surface area (Å²) in [5.74, 6) is 5.60. The van der Waals surface area contributed by atoms with Crippen molar-refractivity contribution in [3.63, 3.8) is 0 Å². The molecule has 1 aromatic heterocycles. The second kappa shape index (κ2) is 15.2. The van der Waals surface area contributed by atoms with Crippen molar-refractivity contribution in [2.45, 2.75) is 51.7 Å². The van der Waals surface area contributed by atoms with Crippen molar-refractivity contribution in [2.75, 3.05) is 18.6 Å². The molecule has 10 heteroatoms. The van der Waals surface area contributed by atoms with E-state index >= 15 is 0 Å². The highest BCUT2D eigenvalue weighted by molar-refractivity contribution is 6.39. The van der Waals surface area contributed by atoms with E-state index in [0.29, 0.717) is 25.2 Å². The lowest BCUT2D eigenvalue weighted by Crippen LogP contribution is -2.43. The van der Waals surface area contributed by atoms with Crippen LogP contribution in [0.3, 0.4) is 0 Å². The third kappa shape index (κ3) is 9.79. The molecular weight excluding hydrogens is 577 g/mol. The van der Waals surface area contributed by atoms with Gasteiger partial charge in [0.05, 0.1) is 22.7 Å². The summed E-state index contributed by atoms with van der Waals surface area (Å²) in [6.07, 6.45) is 2.54. The van der Waals surface area contributed by atoms with Crippen LogP contribution < -0.4 is 10.2 Å². The Morgan fingerprint density at radius 1 is 1.00 bits per heavy atom. The molecule has 2 aromatic carbocycles. The quantitative estimate of drug-likeness (QED) is 0.169. The number of pyridine rings is 1. The van der Waals surface area contributed by atoms with Crippen LogP contribution in [0.5, 0.6) is 0 Å². The molecule has 0 fully saturated rings. The van der Waals surface area contributed by atoms with Gasteiger partial charge >= 0.3 is 12.1 Å². The molecule has 8 nitrogen and oxygen atoms in total. The Labute approximate surface area is 256 Å². The maximum atomic E-state index is 12.8. The largest absolute Gasteiger partial charge is 0.467 e. The van der Waals surface area contributed by atoms with Crippen LogP contribution in [-0.2, 0) is 20.7 Å². The van der Waals surface area contributed by atoms with Gasteiger partial charge in [0, 0.05) is 31.1 Å². The van der Waals surface area contributed by atoms with E-state index in [1.165, 1.54) is 12.0 Å². The molecule has 220 valence electrons. The van der Waals surface area contributed by atoms with E-state index in [1.807, 2.05) is 51.1 Å². The number of amides is 2. The fraction of sp³-hybridized carbons (Fsp3) is 0.312. The number of carbonyl (C=O) groups is 3. The summed E-state index contributed by atoms with van der Waals surface area (Å²) in [6, 6.07) is 16.5. The number of halogens is 2. The summed E-state index contributed by atoms with van der Waals surface area (Å²) in [6.45, 7) is 5.86. The Hall–Kier alpha value is -4.06. The number of carbonyl (C=O) groups excluding carboxylic acids is 3. The van der Waals surface area contributed by atoms with E-state index in [1.54, 1.807) is 36.5 Å². The van der Waals surface area contributed by atoms with E-state index in [2.05, 4.69) is 22.1 Å². The van der Waals surface area contributed by atoms with Gasteiger partial charge in [-0.3, -0.25) is 9.69 Å². The number of hydrogen-bond acceptors (Lipinski definition) is 6. The highest BCUT2D eigenvalue weighted by atomic mass is 35.5. The van der Waals surface area contributed by atoms with Crippen LogP contribution in [0.2, 0.25) is 10.0 Å². The topological polar surface area (TPSA) is 97.8 Å². The monoisotopic (exact) mass is 609 g/mol. The lowest BCUT2D eigenvalue weighted by molar-refractivity contribution is -0.142. The minimum Gasteiger partial charge on any atom is -0.467 e. The number of rotatable bonds is 9. The summed E-state index contributed by atoms with van der Waals surface area (Å²) in [7, 11) is 1.26. The molecule has 0 aliphatic carbocycles. The predicted molar refractivity (Wildman–Crippen MR) is 164 cm³/mol. The minimum absolute atomic E-state index is 0.0922. The first kappa shape index (κ1) is 32.5. The molecule has 2 amide bonds. The second-order valence-corrected chi connectivity index (χ2v) is 11.1. The Morgan fingerprint density at radius 3 is 2.29 bits per heavy atom. The molecule has 0 radical (unpaired) electrons. The first-order valence-corrected chi connectivity index (χ1v) is 14.1. The molecule has 0 spiro atoms. The molecule has 1 N–H and O–H groups in total. The van der Waals surface area contributed by atoms with Gasteiger partial charge in [0.25, 0.3) is 5.91 Å². The van der Waals surface area contributed by atoms with Crippen LogP contribution in [0.25, 0.3) is 0 Å². The predicted octanol–water partition coefficient (Wildman–Crippen LogP) is 6.48.